The molecule has 20 heavy (non-hydrogen) atoms. The van der Waals surface area contributed by atoms with Crippen LogP contribution in [0, 0.1) is 11.8 Å². The van der Waals surface area contributed by atoms with Gasteiger partial charge in [0.15, 0.2) is 0 Å². The molecule has 1 aliphatic rings. The van der Waals surface area contributed by atoms with E-state index in [0.717, 1.165) is 18.4 Å². The van der Waals surface area contributed by atoms with Gasteiger partial charge in [0.2, 0.25) is 5.91 Å². The maximum Gasteiger partial charge on any atom is 0.227 e. The van der Waals surface area contributed by atoms with Gasteiger partial charge in [0, 0.05) is 11.6 Å². The Hall–Kier alpha value is -1.06. The molecule has 0 heterocycles. The highest BCUT2D eigenvalue weighted by Crippen LogP contribution is 2.28. The van der Waals surface area contributed by atoms with E-state index in [-0.39, 0.29) is 23.8 Å². The predicted molar refractivity (Wildman–Crippen MR) is 80.8 cm³/mol. The van der Waals surface area contributed by atoms with Gasteiger partial charge in [-0.1, -0.05) is 37.6 Å². The molecule has 2 N–H and O–H groups in total. The van der Waals surface area contributed by atoms with E-state index < -0.39 is 0 Å². The van der Waals surface area contributed by atoms with Crippen LogP contribution in [0.1, 0.15) is 38.2 Å². The first-order valence-corrected chi connectivity index (χ1v) is 7.56. The first-order chi connectivity index (χ1) is 9.47. The number of carbonyl (C=O) groups excluding carboxylic acids is 1. The monoisotopic (exact) mass is 295 g/mol. The summed E-state index contributed by atoms with van der Waals surface area (Å²) in [5, 5.41) is 13.0. The number of nitrogens with one attached hydrogen (secondary N) is 1. The van der Waals surface area contributed by atoms with E-state index in [1.807, 2.05) is 38.1 Å². The van der Waals surface area contributed by atoms with Gasteiger partial charge in [0.25, 0.3) is 0 Å². The smallest absolute Gasteiger partial charge is 0.227 e. The molecule has 0 bridgehead atoms. The summed E-state index contributed by atoms with van der Waals surface area (Å²) in [7, 11) is 0. The fraction of sp³-hybridized carbons (Fsp3) is 0.562. The van der Waals surface area contributed by atoms with Crippen LogP contribution in [0.3, 0.4) is 0 Å². The lowest BCUT2D eigenvalue weighted by Gasteiger charge is -2.32. The van der Waals surface area contributed by atoms with Crippen molar-refractivity contribution in [2.45, 2.75) is 38.7 Å². The molecule has 1 amide bonds. The average Bonchev–Trinajstić information content (AvgIpc) is 2.35. The van der Waals surface area contributed by atoms with E-state index in [9.17, 15) is 9.90 Å². The second kappa shape index (κ2) is 6.59. The van der Waals surface area contributed by atoms with Gasteiger partial charge < -0.3 is 10.4 Å². The van der Waals surface area contributed by atoms with Crippen molar-refractivity contribution in [3.8, 4) is 0 Å². The van der Waals surface area contributed by atoms with Crippen LogP contribution in [0.5, 0.6) is 0 Å². The van der Waals surface area contributed by atoms with E-state index >= 15 is 0 Å². The standard InChI is InChI=1S/C16H22ClNO2/c1-10(2)15(12-3-5-13(17)6-4-12)16(20)18-9-11-7-14(19)8-11/h3-6,10-11,14-15,19H,7-9H2,1-2H3,(H,18,20). The zero-order valence-electron chi connectivity index (χ0n) is 12.0. The molecule has 110 valence electrons. The van der Waals surface area contributed by atoms with Crippen molar-refractivity contribution in [3.05, 3.63) is 34.9 Å². The molecule has 3 nitrogen and oxygen atoms in total. The Kier molecular flexibility index (Phi) is 5.06. The van der Waals surface area contributed by atoms with E-state index in [1.165, 1.54) is 0 Å². The Bertz CT molecular complexity index is 452. The summed E-state index contributed by atoms with van der Waals surface area (Å²) in [6.45, 7) is 4.75. The summed E-state index contributed by atoms with van der Waals surface area (Å²) in [6, 6.07) is 7.48. The Morgan fingerprint density at radius 2 is 1.95 bits per heavy atom. The van der Waals surface area contributed by atoms with Crippen LogP contribution in [0.2, 0.25) is 5.02 Å². The Morgan fingerprint density at radius 1 is 1.35 bits per heavy atom. The van der Waals surface area contributed by atoms with Crippen molar-refractivity contribution in [1.29, 1.82) is 0 Å². The van der Waals surface area contributed by atoms with Crippen molar-refractivity contribution in [3.63, 3.8) is 0 Å². The highest BCUT2D eigenvalue weighted by atomic mass is 35.5. The number of amides is 1. The molecule has 0 aliphatic heterocycles. The molecule has 1 aromatic carbocycles. The van der Waals surface area contributed by atoms with Gasteiger partial charge in [0.05, 0.1) is 12.0 Å². The minimum atomic E-state index is -0.172. The number of carbonyl (C=O) groups is 1. The minimum absolute atomic E-state index is 0.0590. The molecule has 4 heteroatoms. The quantitative estimate of drug-likeness (QED) is 0.877. The summed E-state index contributed by atoms with van der Waals surface area (Å²) in [4.78, 5) is 12.4. The number of hydrogen-bond acceptors (Lipinski definition) is 2. The Morgan fingerprint density at radius 3 is 2.45 bits per heavy atom. The van der Waals surface area contributed by atoms with Crippen LogP contribution in [-0.4, -0.2) is 23.7 Å². The summed E-state index contributed by atoms with van der Waals surface area (Å²) < 4.78 is 0. The largest absolute Gasteiger partial charge is 0.393 e. The molecule has 1 fully saturated rings. The van der Waals surface area contributed by atoms with Crippen LogP contribution in [-0.2, 0) is 4.79 Å². The fourth-order valence-electron chi connectivity index (χ4n) is 2.73. The highest BCUT2D eigenvalue weighted by Gasteiger charge is 2.29. The zero-order valence-corrected chi connectivity index (χ0v) is 12.7. The molecule has 0 spiro atoms. The second-order valence-corrected chi connectivity index (χ2v) is 6.45. The topological polar surface area (TPSA) is 49.3 Å². The van der Waals surface area contributed by atoms with E-state index in [2.05, 4.69) is 5.32 Å². The van der Waals surface area contributed by atoms with Gasteiger partial charge >= 0.3 is 0 Å². The molecule has 1 aliphatic carbocycles. The van der Waals surface area contributed by atoms with Gasteiger partial charge in [0.1, 0.15) is 0 Å². The normalized spacial score (nSPS) is 23.2. The lowest BCUT2D eigenvalue weighted by Crippen LogP contribution is -2.40. The maximum absolute atomic E-state index is 12.4. The van der Waals surface area contributed by atoms with Gasteiger partial charge in [-0.25, -0.2) is 0 Å². The molecular formula is C16H22ClNO2. The molecular weight excluding hydrogens is 274 g/mol. The number of aliphatic hydroxyl groups is 1. The Labute approximate surface area is 125 Å². The van der Waals surface area contributed by atoms with Crippen LogP contribution >= 0.6 is 11.6 Å². The third kappa shape index (κ3) is 3.74. The lowest BCUT2D eigenvalue weighted by molar-refractivity contribution is -0.124. The third-order valence-electron chi connectivity index (χ3n) is 3.95. The number of benzene rings is 1. The molecule has 1 atom stereocenters. The number of halogens is 1. The molecule has 1 unspecified atom stereocenters. The van der Waals surface area contributed by atoms with E-state index in [1.54, 1.807) is 0 Å². The number of rotatable bonds is 5. The first kappa shape index (κ1) is 15.3. The summed E-state index contributed by atoms with van der Waals surface area (Å²) in [6.07, 6.45) is 1.43. The van der Waals surface area contributed by atoms with Gasteiger partial charge in [-0.3, -0.25) is 4.79 Å². The van der Waals surface area contributed by atoms with Crippen LogP contribution in [0.15, 0.2) is 24.3 Å². The highest BCUT2D eigenvalue weighted by molar-refractivity contribution is 6.30. The maximum atomic E-state index is 12.4. The summed E-state index contributed by atoms with van der Waals surface area (Å²) in [5.41, 5.74) is 0.996. The van der Waals surface area contributed by atoms with Crippen molar-refractivity contribution in [1.82, 2.24) is 5.32 Å². The Balaban J connectivity index is 1.97. The lowest BCUT2D eigenvalue weighted by atomic mass is 9.82. The SMILES string of the molecule is CC(C)C(C(=O)NCC1CC(O)C1)c1ccc(Cl)cc1. The van der Waals surface area contributed by atoms with Crippen LogP contribution in [0.25, 0.3) is 0 Å². The zero-order chi connectivity index (χ0) is 14.7. The van der Waals surface area contributed by atoms with E-state index in [0.29, 0.717) is 17.5 Å². The number of aliphatic hydroxyl groups excluding tert-OH is 1. The number of hydrogen-bond donors (Lipinski definition) is 2. The van der Waals surface area contributed by atoms with Crippen molar-refractivity contribution in [2.24, 2.45) is 11.8 Å². The molecule has 0 radical (unpaired) electrons. The molecule has 1 aromatic rings. The van der Waals surface area contributed by atoms with Crippen molar-refractivity contribution in [2.75, 3.05) is 6.54 Å². The van der Waals surface area contributed by atoms with Crippen LogP contribution in [0.4, 0.5) is 0 Å². The second-order valence-electron chi connectivity index (χ2n) is 6.01. The van der Waals surface area contributed by atoms with Gasteiger partial charge in [-0.2, -0.15) is 0 Å². The minimum Gasteiger partial charge on any atom is -0.393 e. The fourth-order valence-corrected chi connectivity index (χ4v) is 2.86. The van der Waals surface area contributed by atoms with Crippen molar-refractivity contribution < 1.29 is 9.90 Å². The summed E-state index contributed by atoms with van der Waals surface area (Å²) in [5.74, 6) is 0.552. The predicted octanol–water partition coefficient (Wildman–Crippen LogP) is 2.97. The van der Waals surface area contributed by atoms with Crippen LogP contribution < -0.4 is 5.32 Å². The molecule has 0 saturated heterocycles. The average molecular weight is 296 g/mol. The van der Waals surface area contributed by atoms with Gasteiger partial charge in [-0.05, 0) is 42.4 Å². The molecule has 1 saturated carbocycles. The molecule has 0 aromatic heterocycles. The van der Waals surface area contributed by atoms with Crippen molar-refractivity contribution >= 4 is 17.5 Å². The molecule has 2 rings (SSSR count). The van der Waals surface area contributed by atoms with Gasteiger partial charge in [-0.15, -0.1) is 0 Å². The first-order valence-electron chi connectivity index (χ1n) is 7.18. The van der Waals surface area contributed by atoms with E-state index in [4.69, 9.17) is 11.6 Å². The summed E-state index contributed by atoms with van der Waals surface area (Å²) >= 11 is 5.89. The third-order valence-corrected chi connectivity index (χ3v) is 4.21.